The lowest BCUT2D eigenvalue weighted by Gasteiger charge is -2.42. The lowest BCUT2D eigenvalue weighted by Crippen LogP contribution is -2.50. The molecule has 2 atom stereocenters. The fourth-order valence-electron chi connectivity index (χ4n) is 4.67. The van der Waals surface area contributed by atoms with Gasteiger partial charge in [0.2, 0.25) is 5.91 Å². The van der Waals surface area contributed by atoms with Crippen LogP contribution in [0.1, 0.15) is 70.6 Å². The molecule has 2 N–H and O–H groups in total. The summed E-state index contributed by atoms with van der Waals surface area (Å²) in [6.07, 6.45) is 13.1. The van der Waals surface area contributed by atoms with E-state index in [1.165, 1.54) is 51.4 Å². The molecule has 0 radical (unpaired) electrons. The Labute approximate surface area is 123 Å². The third-order valence-electron chi connectivity index (χ3n) is 6.00. The van der Waals surface area contributed by atoms with E-state index in [2.05, 4.69) is 4.90 Å². The van der Waals surface area contributed by atoms with Crippen LogP contribution < -0.4 is 5.73 Å². The number of carbonyl (C=O) groups is 1. The Balaban J connectivity index is 1.54. The van der Waals surface area contributed by atoms with Gasteiger partial charge in [-0.2, -0.15) is 0 Å². The summed E-state index contributed by atoms with van der Waals surface area (Å²) in [5.74, 6) is 2.01. The maximum absolute atomic E-state index is 12.6. The zero-order valence-electron chi connectivity index (χ0n) is 12.8. The Morgan fingerprint density at radius 2 is 1.70 bits per heavy atom. The lowest BCUT2D eigenvalue weighted by atomic mass is 9.74. The molecule has 1 heterocycles. The van der Waals surface area contributed by atoms with E-state index in [0.717, 1.165) is 37.8 Å². The zero-order chi connectivity index (χ0) is 14.0. The second kappa shape index (κ2) is 6.05. The van der Waals surface area contributed by atoms with Gasteiger partial charge in [-0.1, -0.05) is 38.5 Å². The number of carbonyl (C=O) groups excluding carboxylic acids is 1. The summed E-state index contributed by atoms with van der Waals surface area (Å²) in [5.41, 5.74) is 6.26. The molecule has 2 unspecified atom stereocenters. The van der Waals surface area contributed by atoms with Crippen molar-refractivity contribution in [3.63, 3.8) is 0 Å². The molecular formula is C17H30N2O. The molecule has 3 heteroatoms. The summed E-state index contributed by atoms with van der Waals surface area (Å²) < 4.78 is 0. The molecule has 3 rings (SSSR count). The van der Waals surface area contributed by atoms with Crippen LogP contribution in [-0.4, -0.2) is 29.4 Å². The van der Waals surface area contributed by atoms with Crippen LogP contribution in [0.25, 0.3) is 0 Å². The van der Waals surface area contributed by atoms with Crippen LogP contribution in [0.4, 0.5) is 0 Å². The molecule has 1 aliphatic heterocycles. The molecule has 20 heavy (non-hydrogen) atoms. The van der Waals surface area contributed by atoms with E-state index in [-0.39, 0.29) is 5.54 Å². The highest BCUT2D eigenvalue weighted by molar-refractivity contribution is 5.77. The maximum Gasteiger partial charge on any atom is 0.224 e. The standard InChI is InChI=1S/C17H30N2O/c18-17(9-4-1-5-10-17)12-16(20)19-11-8-14-6-2-3-7-15(14)13-19/h14-15H,1-13,18H2. The Bertz CT molecular complexity index is 349. The minimum Gasteiger partial charge on any atom is -0.342 e. The normalized spacial score (nSPS) is 33.5. The third kappa shape index (κ3) is 3.19. The van der Waals surface area contributed by atoms with Gasteiger partial charge in [0.15, 0.2) is 0 Å². The second-order valence-corrected chi connectivity index (χ2v) is 7.53. The van der Waals surface area contributed by atoms with Crippen molar-refractivity contribution >= 4 is 5.91 Å². The van der Waals surface area contributed by atoms with Gasteiger partial charge < -0.3 is 10.6 Å². The molecule has 0 aromatic rings. The first kappa shape index (κ1) is 14.4. The zero-order valence-corrected chi connectivity index (χ0v) is 12.8. The number of fused-ring (bicyclic) bond motifs is 1. The number of hydrogen-bond acceptors (Lipinski definition) is 2. The molecule has 0 aromatic carbocycles. The number of hydrogen-bond donors (Lipinski definition) is 1. The number of amides is 1. The largest absolute Gasteiger partial charge is 0.342 e. The smallest absolute Gasteiger partial charge is 0.224 e. The van der Waals surface area contributed by atoms with E-state index in [1.807, 2.05) is 0 Å². The summed E-state index contributed by atoms with van der Waals surface area (Å²) >= 11 is 0. The Morgan fingerprint density at radius 1 is 1.00 bits per heavy atom. The van der Waals surface area contributed by atoms with Gasteiger partial charge in [-0.15, -0.1) is 0 Å². The van der Waals surface area contributed by atoms with Gasteiger partial charge >= 0.3 is 0 Å². The SMILES string of the molecule is NC1(CC(=O)N2CCC3CCCCC3C2)CCCCC1. The van der Waals surface area contributed by atoms with Gasteiger partial charge in [0.25, 0.3) is 0 Å². The average Bonchev–Trinajstić information content (AvgIpc) is 2.47. The van der Waals surface area contributed by atoms with Crippen LogP contribution in [0, 0.1) is 11.8 Å². The van der Waals surface area contributed by atoms with Gasteiger partial charge in [0.05, 0.1) is 0 Å². The third-order valence-corrected chi connectivity index (χ3v) is 6.00. The minimum absolute atomic E-state index is 0.196. The monoisotopic (exact) mass is 278 g/mol. The van der Waals surface area contributed by atoms with Crippen molar-refractivity contribution in [2.75, 3.05) is 13.1 Å². The highest BCUT2D eigenvalue weighted by Crippen LogP contribution is 2.37. The molecule has 2 aliphatic carbocycles. The summed E-state index contributed by atoms with van der Waals surface area (Å²) in [5, 5.41) is 0. The van der Waals surface area contributed by atoms with E-state index in [4.69, 9.17) is 5.73 Å². The Morgan fingerprint density at radius 3 is 2.45 bits per heavy atom. The molecule has 3 aliphatic rings. The lowest BCUT2D eigenvalue weighted by molar-refractivity contribution is -0.135. The highest BCUT2D eigenvalue weighted by Gasteiger charge is 2.36. The molecule has 0 bridgehead atoms. The molecule has 3 fully saturated rings. The molecule has 114 valence electrons. The Kier molecular flexibility index (Phi) is 4.34. The fourth-order valence-corrected chi connectivity index (χ4v) is 4.67. The first-order valence-corrected chi connectivity index (χ1v) is 8.73. The van der Waals surface area contributed by atoms with Crippen molar-refractivity contribution < 1.29 is 4.79 Å². The number of nitrogens with zero attached hydrogens (tertiary/aromatic N) is 1. The Hall–Kier alpha value is -0.570. The summed E-state index contributed by atoms with van der Waals surface area (Å²) in [6.45, 7) is 2.00. The van der Waals surface area contributed by atoms with Crippen molar-refractivity contribution in [3.8, 4) is 0 Å². The van der Waals surface area contributed by atoms with Crippen molar-refractivity contribution in [1.82, 2.24) is 4.90 Å². The number of nitrogens with two attached hydrogens (primary N) is 1. The van der Waals surface area contributed by atoms with E-state index in [9.17, 15) is 4.79 Å². The number of piperidine rings is 1. The molecule has 3 nitrogen and oxygen atoms in total. The van der Waals surface area contributed by atoms with Crippen molar-refractivity contribution in [2.45, 2.75) is 76.2 Å². The van der Waals surface area contributed by atoms with Gasteiger partial charge in [-0.05, 0) is 37.5 Å². The number of likely N-dealkylation sites (tertiary alicyclic amines) is 1. The predicted molar refractivity (Wildman–Crippen MR) is 81.3 cm³/mol. The summed E-state index contributed by atoms with van der Waals surface area (Å²) in [7, 11) is 0. The van der Waals surface area contributed by atoms with Gasteiger partial charge in [0, 0.05) is 25.0 Å². The van der Waals surface area contributed by atoms with E-state index >= 15 is 0 Å². The van der Waals surface area contributed by atoms with Crippen LogP contribution in [0.2, 0.25) is 0 Å². The van der Waals surface area contributed by atoms with Crippen molar-refractivity contribution in [2.24, 2.45) is 17.6 Å². The topological polar surface area (TPSA) is 46.3 Å². The van der Waals surface area contributed by atoms with Gasteiger partial charge in [-0.25, -0.2) is 0 Å². The van der Waals surface area contributed by atoms with Gasteiger partial charge in [0.1, 0.15) is 0 Å². The van der Waals surface area contributed by atoms with Crippen molar-refractivity contribution in [1.29, 1.82) is 0 Å². The second-order valence-electron chi connectivity index (χ2n) is 7.53. The summed E-state index contributed by atoms with van der Waals surface area (Å²) in [6, 6.07) is 0. The molecule has 1 amide bonds. The number of rotatable bonds is 2. The molecule has 0 aromatic heterocycles. The van der Waals surface area contributed by atoms with Crippen LogP contribution in [0.5, 0.6) is 0 Å². The van der Waals surface area contributed by atoms with E-state index in [0.29, 0.717) is 12.3 Å². The average molecular weight is 278 g/mol. The van der Waals surface area contributed by atoms with Crippen LogP contribution in [0.15, 0.2) is 0 Å². The molecular weight excluding hydrogens is 248 g/mol. The van der Waals surface area contributed by atoms with E-state index < -0.39 is 0 Å². The summed E-state index contributed by atoms with van der Waals surface area (Å²) in [4.78, 5) is 14.7. The van der Waals surface area contributed by atoms with E-state index in [1.54, 1.807) is 0 Å². The van der Waals surface area contributed by atoms with Crippen LogP contribution in [0.3, 0.4) is 0 Å². The maximum atomic E-state index is 12.6. The molecule has 0 spiro atoms. The van der Waals surface area contributed by atoms with Crippen LogP contribution >= 0.6 is 0 Å². The molecule has 2 saturated carbocycles. The van der Waals surface area contributed by atoms with Crippen LogP contribution in [-0.2, 0) is 4.79 Å². The first-order chi connectivity index (χ1) is 9.66. The quantitative estimate of drug-likeness (QED) is 0.843. The highest BCUT2D eigenvalue weighted by atomic mass is 16.2. The minimum atomic E-state index is -0.196. The molecule has 1 saturated heterocycles. The fraction of sp³-hybridized carbons (Fsp3) is 0.941. The predicted octanol–water partition coefficient (Wildman–Crippen LogP) is 3.08. The van der Waals surface area contributed by atoms with Gasteiger partial charge in [-0.3, -0.25) is 4.79 Å². The van der Waals surface area contributed by atoms with Crippen molar-refractivity contribution in [3.05, 3.63) is 0 Å². The first-order valence-electron chi connectivity index (χ1n) is 8.73.